The SMILES string of the molecule is C[C@H]1O[C@@]2(C)OC3=NC(=N)[C@@](C#N)([C@@H]2c2ccccc2)[C@]31C#N. The Hall–Kier alpha value is -2.70. The van der Waals surface area contributed by atoms with Crippen LogP contribution >= 0.6 is 0 Å². The molecule has 5 rings (SSSR count). The molecule has 0 unspecified atom stereocenters. The van der Waals surface area contributed by atoms with Gasteiger partial charge in [0.25, 0.3) is 0 Å². The van der Waals surface area contributed by atoms with E-state index in [4.69, 9.17) is 14.9 Å². The Morgan fingerprint density at radius 3 is 2.43 bits per heavy atom. The molecule has 4 aliphatic rings. The van der Waals surface area contributed by atoms with Gasteiger partial charge in [0.15, 0.2) is 10.8 Å². The van der Waals surface area contributed by atoms with Crippen molar-refractivity contribution < 1.29 is 9.47 Å². The van der Waals surface area contributed by atoms with Gasteiger partial charge >= 0.3 is 0 Å². The minimum absolute atomic E-state index is 0.121. The fourth-order valence-corrected chi connectivity index (χ4v) is 4.40. The van der Waals surface area contributed by atoms with Gasteiger partial charge in [-0.2, -0.15) is 15.5 Å². The minimum Gasteiger partial charge on any atom is -0.447 e. The third kappa shape index (κ3) is 1.24. The van der Waals surface area contributed by atoms with Gasteiger partial charge < -0.3 is 9.47 Å². The smallest absolute Gasteiger partial charge is 0.218 e. The second-order valence-electron chi connectivity index (χ2n) is 6.33. The van der Waals surface area contributed by atoms with E-state index >= 15 is 0 Å². The van der Waals surface area contributed by atoms with Gasteiger partial charge in [0.05, 0.1) is 24.2 Å². The summed E-state index contributed by atoms with van der Waals surface area (Å²) in [6.45, 7) is 3.49. The maximum atomic E-state index is 10.1. The molecule has 3 saturated heterocycles. The Morgan fingerprint density at radius 1 is 1.17 bits per heavy atom. The first-order valence-electron chi connectivity index (χ1n) is 7.39. The van der Waals surface area contributed by atoms with Crippen molar-refractivity contribution in [1.82, 2.24) is 0 Å². The fraction of sp³-hybridized carbons (Fsp3) is 0.412. The number of amidine groups is 1. The Balaban J connectivity index is 2.08. The lowest BCUT2D eigenvalue weighted by Crippen LogP contribution is -2.72. The first kappa shape index (κ1) is 13.9. The molecule has 23 heavy (non-hydrogen) atoms. The highest BCUT2D eigenvalue weighted by atomic mass is 16.7. The largest absolute Gasteiger partial charge is 0.447 e. The third-order valence-corrected chi connectivity index (χ3v) is 5.31. The van der Waals surface area contributed by atoms with Crippen LogP contribution in [0.3, 0.4) is 0 Å². The van der Waals surface area contributed by atoms with E-state index in [-0.39, 0.29) is 11.7 Å². The summed E-state index contributed by atoms with van der Waals surface area (Å²) >= 11 is 0. The summed E-state index contributed by atoms with van der Waals surface area (Å²) in [5.41, 5.74) is -2.01. The Morgan fingerprint density at radius 2 is 1.83 bits per heavy atom. The number of nitriles is 2. The molecule has 5 atom stereocenters. The average Bonchev–Trinajstić information content (AvgIpc) is 2.72. The van der Waals surface area contributed by atoms with Crippen molar-refractivity contribution >= 4 is 11.7 Å². The summed E-state index contributed by atoms with van der Waals surface area (Å²) in [6.07, 6.45) is -0.590. The van der Waals surface area contributed by atoms with Gasteiger partial charge in [-0.25, -0.2) is 0 Å². The molecule has 3 fully saturated rings. The molecule has 4 heterocycles. The summed E-state index contributed by atoms with van der Waals surface area (Å²) < 4.78 is 11.9. The van der Waals surface area contributed by atoms with Crippen molar-refractivity contribution in [2.24, 2.45) is 15.8 Å². The van der Waals surface area contributed by atoms with Crippen LogP contribution in [-0.2, 0) is 9.47 Å². The van der Waals surface area contributed by atoms with Crippen LogP contribution in [0.15, 0.2) is 35.3 Å². The summed E-state index contributed by atoms with van der Waals surface area (Å²) in [4.78, 5) is 4.14. The Kier molecular flexibility index (Phi) is 2.41. The van der Waals surface area contributed by atoms with E-state index in [2.05, 4.69) is 17.1 Å². The molecule has 0 radical (unpaired) electrons. The van der Waals surface area contributed by atoms with Gasteiger partial charge in [-0.3, -0.25) is 5.41 Å². The molecule has 114 valence electrons. The van der Waals surface area contributed by atoms with E-state index in [9.17, 15) is 10.5 Å². The van der Waals surface area contributed by atoms with Gasteiger partial charge in [-0.1, -0.05) is 30.3 Å². The zero-order valence-electron chi connectivity index (χ0n) is 12.7. The minimum atomic E-state index is -1.41. The van der Waals surface area contributed by atoms with Crippen LogP contribution in [0.1, 0.15) is 25.3 Å². The normalized spacial score (nSPS) is 43.3. The maximum Gasteiger partial charge on any atom is 0.218 e. The molecule has 4 bridgehead atoms. The number of nitrogens with zero attached hydrogens (tertiary/aromatic N) is 3. The van der Waals surface area contributed by atoms with E-state index in [1.807, 2.05) is 30.3 Å². The molecule has 1 aromatic rings. The quantitative estimate of drug-likeness (QED) is 0.860. The number of hydrogen-bond donors (Lipinski definition) is 1. The fourth-order valence-electron chi connectivity index (χ4n) is 4.40. The number of nitrogens with one attached hydrogen (secondary N) is 1. The van der Waals surface area contributed by atoms with E-state index < -0.39 is 28.6 Å². The molecular formula is C17H14N4O2. The topological polar surface area (TPSA) is 102 Å². The molecule has 6 heteroatoms. The molecule has 6 nitrogen and oxygen atoms in total. The summed E-state index contributed by atoms with van der Waals surface area (Å²) in [5, 5.41) is 28.4. The first-order chi connectivity index (χ1) is 11.0. The number of hydrogen-bond acceptors (Lipinski definition) is 5. The van der Waals surface area contributed by atoms with Crippen LogP contribution in [0.5, 0.6) is 0 Å². The summed E-state index contributed by atoms with van der Waals surface area (Å²) in [7, 11) is 0. The van der Waals surface area contributed by atoms with E-state index in [0.717, 1.165) is 5.56 Å². The van der Waals surface area contributed by atoms with E-state index in [0.29, 0.717) is 0 Å². The monoisotopic (exact) mass is 306 g/mol. The summed E-state index contributed by atoms with van der Waals surface area (Å²) in [6, 6.07) is 13.8. The van der Waals surface area contributed by atoms with Crippen molar-refractivity contribution in [2.75, 3.05) is 0 Å². The molecular weight excluding hydrogens is 292 g/mol. The molecule has 0 aliphatic carbocycles. The van der Waals surface area contributed by atoms with Crippen LogP contribution in [0, 0.1) is 38.9 Å². The van der Waals surface area contributed by atoms with Crippen LogP contribution in [0.2, 0.25) is 0 Å². The van der Waals surface area contributed by atoms with Crippen LogP contribution in [0.25, 0.3) is 0 Å². The van der Waals surface area contributed by atoms with Gasteiger partial charge in [-0.15, -0.1) is 0 Å². The Labute approximate surface area is 133 Å². The lowest BCUT2D eigenvalue weighted by atomic mass is 9.50. The molecule has 0 saturated carbocycles. The molecule has 1 N–H and O–H groups in total. The highest BCUT2D eigenvalue weighted by molar-refractivity contribution is 6.13. The predicted molar refractivity (Wildman–Crippen MR) is 80.5 cm³/mol. The zero-order chi connectivity index (χ0) is 16.5. The van der Waals surface area contributed by atoms with E-state index in [1.54, 1.807) is 13.8 Å². The third-order valence-electron chi connectivity index (χ3n) is 5.31. The summed E-state index contributed by atoms with van der Waals surface area (Å²) in [5.74, 6) is -1.74. The number of aliphatic imine (C=N–C) groups is 1. The Bertz CT molecular complexity index is 836. The molecule has 0 spiro atoms. The van der Waals surface area contributed by atoms with Crippen molar-refractivity contribution in [3.63, 3.8) is 0 Å². The second-order valence-corrected chi connectivity index (χ2v) is 6.33. The van der Waals surface area contributed by atoms with Crippen LogP contribution in [-0.4, -0.2) is 23.6 Å². The van der Waals surface area contributed by atoms with E-state index in [1.165, 1.54) is 0 Å². The van der Waals surface area contributed by atoms with Crippen molar-refractivity contribution in [2.45, 2.75) is 31.7 Å². The first-order valence-corrected chi connectivity index (χ1v) is 7.39. The zero-order valence-corrected chi connectivity index (χ0v) is 12.7. The van der Waals surface area contributed by atoms with Gasteiger partial charge in [0, 0.05) is 6.92 Å². The van der Waals surface area contributed by atoms with Gasteiger partial charge in [0.2, 0.25) is 11.7 Å². The number of rotatable bonds is 1. The van der Waals surface area contributed by atoms with Crippen molar-refractivity contribution in [1.29, 1.82) is 15.9 Å². The van der Waals surface area contributed by atoms with Gasteiger partial charge in [0.1, 0.15) is 5.84 Å². The lowest BCUT2D eigenvalue weighted by Gasteiger charge is -2.60. The highest BCUT2D eigenvalue weighted by Gasteiger charge is 2.82. The van der Waals surface area contributed by atoms with Crippen LogP contribution in [0.4, 0.5) is 0 Å². The molecule has 0 amide bonds. The molecule has 0 aromatic heterocycles. The number of ether oxygens (including phenoxy) is 2. The predicted octanol–water partition coefficient (Wildman–Crippen LogP) is 2.34. The van der Waals surface area contributed by atoms with Crippen molar-refractivity contribution in [3.8, 4) is 12.1 Å². The molecule has 4 aliphatic heterocycles. The number of fused-ring (bicyclic) bond motifs is 1. The van der Waals surface area contributed by atoms with Gasteiger partial charge in [-0.05, 0) is 12.5 Å². The molecule has 1 aromatic carbocycles. The number of benzene rings is 1. The van der Waals surface area contributed by atoms with Crippen molar-refractivity contribution in [3.05, 3.63) is 35.9 Å². The lowest BCUT2D eigenvalue weighted by molar-refractivity contribution is -0.309. The van der Waals surface area contributed by atoms with Crippen LogP contribution < -0.4 is 0 Å². The second kappa shape index (κ2) is 3.98. The maximum absolute atomic E-state index is 10.1. The highest BCUT2D eigenvalue weighted by Crippen LogP contribution is 2.68. The average molecular weight is 306 g/mol. The standard InChI is InChI=1S/C17H14N4O2/c1-10-16(8-18)14-21-13(20)17(16,9-19)12(15(2,22-10)23-14)11-6-4-3-5-7-11/h3-7,10,12,20H,1-2H3/t10-,12-,15+,16+,17-/m1/s1.